The molecule has 25 heavy (non-hydrogen) atoms. The van der Waals surface area contributed by atoms with Gasteiger partial charge in [-0.15, -0.1) is 0 Å². The summed E-state index contributed by atoms with van der Waals surface area (Å²) in [5.41, 5.74) is 0.506. The molecule has 2 aromatic carbocycles. The molecular weight excluding hydrogens is 342 g/mol. The normalized spacial score (nSPS) is 10.8. The van der Waals surface area contributed by atoms with Crippen LogP contribution >= 0.6 is 11.8 Å². The van der Waals surface area contributed by atoms with Gasteiger partial charge in [0.05, 0.1) is 21.6 Å². The van der Waals surface area contributed by atoms with Crippen molar-refractivity contribution in [1.82, 2.24) is 9.55 Å². The molecule has 0 amide bonds. The molecule has 0 atom stereocenters. The molecule has 0 spiro atoms. The van der Waals surface area contributed by atoms with Crippen LogP contribution in [0.15, 0.2) is 58.5 Å². The van der Waals surface area contributed by atoms with Crippen LogP contribution in [0.4, 0.5) is 5.69 Å². The van der Waals surface area contributed by atoms with Crippen molar-refractivity contribution in [2.45, 2.75) is 5.16 Å². The van der Waals surface area contributed by atoms with E-state index in [-0.39, 0.29) is 28.3 Å². The van der Waals surface area contributed by atoms with Crippen molar-refractivity contribution in [3.05, 3.63) is 74.6 Å². The van der Waals surface area contributed by atoms with Gasteiger partial charge in [0.1, 0.15) is 0 Å². The second-order valence-electron chi connectivity index (χ2n) is 5.29. The number of rotatable bonds is 5. The molecule has 7 nitrogen and oxygen atoms in total. The summed E-state index contributed by atoms with van der Waals surface area (Å²) in [7, 11) is 1.60. The number of aromatic nitrogens is 2. The van der Waals surface area contributed by atoms with Crippen LogP contribution in [0.2, 0.25) is 0 Å². The van der Waals surface area contributed by atoms with Gasteiger partial charge in [-0.1, -0.05) is 36.0 Å². The summed E-state index contributed by atoms with van der Waals surface area (Å²) in [6.07, 6.45) is 0. The Morgan fingerprint density at radius 2 is 2.00 bits per heavy atom. The highest BCUT2D eigenvalue weighted by atomic mass is 32.2. The number of hydrogen-bond donors (Lipinski definition) is 0. The van der Waals surface area contributed by atoms with E-state index in [0.29, 0.717) is 16.1 Å². The first-order chi connectivity index (χ1) is 12.0. The van der Waals surface area contributed by atoms with Gasteiger partial charge in [0, 0.05) is 24.7 Å². The lowest BCUT2D eigenvalue weighted by Gasteiger charge is -2.08. The Morgan fingerprint density at radius 3 is 2.76 bits per heavy atom. The average molecular weight is 355 g/mol. The second-order valence-corrected chi connectivity index (χ2v) is 6.24. The third-order valence-electron chi connectivity index (χ3n) is 3.65. The fourth-order valence-corrected chi connectivity index (χ4v) is 3.20. The predicted octanol–water partition coefficient (Wildman–Crippen LogP) is 2.82. The van der Waals surface area contributed by atoms with Crippen LogP contribution in [0.25, 0.3) is 10.9 Å². The van der Waals surface area contributed by atoms with Crippen LogP contribution < -0.4 is 5.56 Å². The van der Waals surface area contributed by atoms with Gasteiger partial charge in [0.2, 0.25) is 0 Å². The third-order valence-corrected chi connectivity index (χ3v) is 4.68. The van der Waals surface area contributed by atoms with E-state index in [9.17, 15) is 19.7 Å². The molecule has 3 aromatic rings. The minimum absolute atomic E-state index is 0.0276. The maximum Gasteiger partial charge on any atom is 0.270 e. The zero-order valence-electron chi connectivity index (χ0n) is 13.2. The van der Waals surface area contributed by atoms with Crippen molar-refractivity contribution in [2.24, 2.45) is 7.05 Å². The fraction of sp³-hybridized carbons (Fsp3) is 0.118. The Balaban J connectivity index is 1.84. The number of benzene rings is 2. The van der Waals surface area contributed by atoms with Crippen LogP contribution in [0, 0.1) is 10.1 Å². The Labute approximate surface area is 146 Å². The average Bonchev–Trinajstić information content (AvgIpc) is 2.63. The molecule has 126 valence electrons. The number of carbonyl (C=O) groups excluding carboxylic acids is 1. The van der Waals surface area contributed by atoms with Crippen molar-refractivity contribution >= 4 is 34.1 Å². The van der Waals surface area contributed by atoms with Gasteiger partial charge in [-0.3, -0.25) is 24.3 Å². The van der Waals surface area contributed by atoms with E-state index in [4.69, 9.17) is 0 Å². The Bertz CT molecular complexity index is 1050. The number of nitrogens with zero attached hydrogens (tertiary/aromatic N) is 3. The fourth-order valence-electron chi connectivity index (χ4n) is 2.33. The minimum Gasteiger partial charge on any atom is -0.293 e. The molecule has 3 rings (SSSR count). The summed E-state index contributed by atoms with van der Waals surface area (Å²) >= 11 is 1.13. The quantitative estimate of drug-likeness (QED) is 0.230. The Hall–Kier alpha value is -3.00. The number of para-hydroxylation sites is 1. The van der Waals surface area contributed by atoms with Gasteiger partial charge in [-0.2, -0.15) is 0 Å². The molecule has 0 aliphatic carbocycles. The lowest BCUT2D eigenvalue weighted by atomic mass is 10.1. The zero-order valence-corrected chi connectivity index (χ0v) is 14.0. The topological polar surface area (TPSA) is 95.1 Å². The van der Waals surface area contributed by atoms with Gasteiger partial charge in [-0.25, -0.2) is 4.98 Å². The summed E-state index contributed by atoms with van der Waals surface area (Å²) in [6.45, 7) is 0. The van der Waals surface area contributed by atoms with Crippen molar-refractivity contribution in [3.63, 3.8) is 0 Å². The molecular formula is C17H13N3O4S. The lowest BCUT2D eigenvalue weighted by Crippen LogP contribution is -2.20. The van der Waals surface area contributed by atoms with Crippen molar-refractivity contribution in [2.75, 3.05) is 5.75 Å². The minimum atomic E-state index is -0.543. The SMILES string of the molecule is Cn1c(SCC(=O)c2cccc([N+](=O)[O-])c2)nc2ccccc2c1=O. The molecule has 0 fully saturated rings. The van der Waals surface area contributed by atoms with E-state index >= 15 is 0 Å². The van der Waals surface area contributed by atoms with Crippen LogP contribution in [0.3, 0.4) is 0 Å². The van der Waals surface area contributed by atoms with E-state index < -0.39 is 4.92 Å². The first kappa shape index (κ1) is 16.8. The number of fused-ring (bicyclic) bond motifs is 1. The number of carbonyl (C=O) groups is 1. The molecule has 1 heterocycles. The van der Waals surface area contributed by atoms with Crippen molar-refractivity contribution in [1.29, 1.82) is 0 Å². The molecule has 0 aliphatic heterocycles. The van der Waals surface area contributed by atoms with E-state index in [1.165, 1.54) is 28.8 Å². The molecule has 0 radical (unpaired) electrons. The van der Waals surface area contributed by atoms with E-state index in [0.717, 1.165) is 11.8 Å². The van der Waals surface area contributed by atoms with Crippen LogP contribution in [0.1, 0.15) is 10.4 Å². The summed E-state index contributed by atoms with van der Waals surface area (Å²) in [4.78, 5) is 39.3. The highest BCUT2D eigenvalue weighted by Crippen LogP contribution is 2.20. The number of thioether (sulfide) groups is 1. The smallest absolute Gasteiger partial charge is 0.270 e. The monoisotopic (exact) mass is 355 g/mol. The molecule has 0 saturated heterocycles. The molecule has 0 aliphatic rings. The van der Waals surface area contributed by atoms with Crippen molar-refractivity contribution in [3.8, 4) is 0 Å². The van der Waals surface area contributed by atoms with Crippen LogP contribution in [0.5, 0.6) is 0 Å². The first-order valence-electron chi connectivity index (χ1n) is 7.33. The molecule has 0 bridgehead atoms. The number of nitro benzene ring substituents is 1. The number of hydrogen-bond acceptors (Lipinski definition) is 6. The summed E-state index contributed by atoms with van der Waals surface area (Å²) in [5, 5.41) is 11.7. The molecule has 0 saturated carbocycles. The predicted molar refractivity (Wildman–Crippen MR) is 95.1 cm³/mol. The van der Waals surface area contributed by atoms with Gasteiger partial charge in [-0.05, 0) is 12.1 Å². The summed E-state index contributed by atoms with van der Waals surface area (Å²) in [5.74, 6) is -0.240. The highest BCUT2D eigenvalue weighted by Gasteiger charge is 2.14. The molecule has 0 N–H and O–H groups in total. The largest absolute Gasteiger partial charge is 0.293 e. The number of non-ortho nitro benzene ring substituents is 1. The molecule has 8 heteroatoms. The molecule has 0 unspecified atom stereocenters. The number of nitro groups is 1. The second kappa shape index (κ2) is 6.86. The van der Waals surface area contributed by atoms with Gasteiger partial charge in [0.15, 0.2) is 10.9 Å². The molecule has 1 aromatic heterocycles. The Morgan fingerprint density at radius 1 is 1.24 bits per heavy atom. The van der Waals surface area contributed by atoms with Crippen molar-refractivity contribution < 1.29 is 9.72 Å². The maximum atomic E-state index is 12.3. The number of ketones is 1. The standard InChI is InChI=1S/C17H13N3O4S/c1-19-16(22)13-7-2-3-8-14(13)18-17(19)25-10-15(21)11-5-4-6-12(9-11)20(23)24/h2-9H,10H2,1H3. The highest BCUT2D eigenvalue weighted by molar-refractivity contribution is 7.99. The zero-order chi connectivity index (χ0) is 18.0. The lowest BCUT2D eigenvalue weighted by molar-refractivity contribution is -0.384. The van der Waals surface area contributed by atoms with Gasteiger partial charge < -0.3 is 0 Å². The van der Waals surface area contributed by atoms with Gasteiger partial charge in [0.25, 0.3) is 11.2 Å². The summed E-state index contributed by atoms with van der Waals surface area (Å²) in [6, 6.07) is 12.6. The summed E-state index contributed by atoms with van der Waals surface area (Å²) < 4.78 is 1.40. The van der Waals surface area contributed by atoms with Crippen LogP contribution in [-0.4, -0.2) is 26.0 Å². The van der Waals surface area contributed by atoms with Crippen LogP contribution in [-0.2, 0) is 7.05 Å². The Kier molecular flexibility index (Phi) is 4.62. The van der Waals surface area contributed by atoms with E-state index in [1.54, 1.807) is 31.3 Å². The first-order valence-corrected chi connectivity index (χ1v) is 8.32. The van der Waals surface area contributed by atoms with E-state index in [2.05, 4.69) is 4.98 Å². The van der Waals surface area contributed by atoms with E-state index in [1.807, 2.05) is 0 Å². The number of Topliss-reactive ketones (excluding diaryl/α,β-unsaturated/α-hetero) is 1. The third kappa shape index (κ3) is 3.43. The maximum absolute atomic E-state index is 12.3. The van der Waals surface area contributed by atoms with Gasteiger partial charge >= 0.3 is 0 Å².